The van der Waals surface area contributed by atoms with E-state index >= 15 is 0 Å². The lowest BCUT2D eigenvalue weighted by molar-refractivity contribution is 0.0945. The van der Waals surface area contributed by atoms with Crippen LogP contribution in [0.1, 0.15) is 41.4 Å². The van der Waals surface area contributed by atoms with Gasteiger partial charge in [0.1, 0.15) is 0 Å². The van der Waals surface area contributed by atoms with E-state index in [1.165, 1.54) is 0 Å². The Labute approximate surface area is 130 Å². The Balaban J connectivity index is 1.84. The summed E-state index contributed by atoms with van der Waals surface area (Å²) in [7, 11) is 0. The van der Waals surface area contributed by atoms with Crippen LogP contribution in [-0.2, 0) is 17.6 Å². The minimum Gasteiger partial charge on any atom is -0.382 e. The number of rotatable bonds is 6. The maximum atomic E-state index is 12.7. The van der Waals surface area contributed by atoms with Gasteiger partial charge in [0.2, 0.25) is 0 Å². The minimum absolute atomic E-state index is 0.0215. The predicted octanol–water partition coefficient (Wildman–Crippen LogP) is 2.88. The van der Waals surface area contributed by atoms with Gasteiger partial charge in [-0.05, 0) is 44.2 Å². The van der Waals surface area contributed by atoms with Crippen LogP contribution in [0.3, 0.4) is 0 Å². The first-order valence-corrected chi connectivity index (χ1v) is 8.07. The van der Waals surface area contributed by atoms with Gasteiger partial charge in [0, 0.05) is 30.8 Å². The second-order valence-electron chi connectivity index (χ2n) is 5.59. The number of fused-ring (bicyclic) bond motifs is 2. The molecular formula is C18H22N2O2. The molecule has 2 aromatic rings. The average molecular weight is 298 g/mol. The Kier molecular flexibility index (Phi) is 4.68. The zero-order valence-corrected chi connectivity index (χ0v) is 13.0. The standard InChI is InChI=1S/C18H22N2O2/c1-2-22-12-6-11-19-18(21)17-13-7-3-4-9-15(13)20-16-10-5-8-14(16)17/h3-4,7,9H,2,5-6,8,10-12H2,1H3,(H,19,21). The van der Waals surface area contributed by atoms with E-state index in [-0.39, 0.29) is 5.91 Å². The van der Waals surface area contributed by atoms with Crippen molar-refractivity contribution in [3.63, 3.8) is 0 Å². The van der Waals surface area contributed by atoms with Gasteiger partial charge in [-0.2, -0.15) is 0 Å². The summed E-state index contributed by atoms with van der Waals surface area (Å²) >= 11 is 0. The molecule has 1 aromatic carbocycles. The highest BCUT2D eigenvalue weighted by Gasteiger charge is 2.23. The number of nitrogens with zero attached hydrogens (tertiary/aromatic N) is 1. The summed E-state index contributed by atoms with van der Waals surface area (Å²) in [4.78, 5) is 17.4. The number of carbonyl (C=O) groups is 1. The molecular weight excluding hydrogens is 276 g/mol. The van der Waals surface area contributed by atoms with Crippen molar-refractivity contribution in [2.75, 3.05) is 19.8 Å². The van der Waals surface area contributed by atoms with Gasteiger partial charge < -0.3 is 10.1 Å². The van der Waals surface area contributed by atoms with Crippen molar-refractivity contribution in [2.45, 2.75) is 32.6 Å². The lowest BCUT2D eigenvalue weighted by Crippen LogP contribution is -2.26. The fourth-order valence-corrected chi connectivity index (χ4v) is 3.08. The third-order valence-electron chi connectivity index (χ3n) is 4.10. The van der Waals surface area contributed by atoms with Crippen molar-refractivity contribution in [3.8, 4) is 0 Å². The number of nitrogens with one attached hydrogen (secondary N) is 1. The van der Waals surface area contributed by atoms with Crippen LogP contribution < -0.4 is 5.32 Å². The summed E-state index contributed by atoms with van der Waals surface area (Å²) in [5.74, 6) is 0.0215. The SMILES string of the molecule is CCOCCCNC(=O)c1c2c(nc3ccccc13)CCC2. The number of para-hydroxylation sites is 1. The number of aryl methyl sites for hydroxylation is 1. The van der Waals surface area contributed by atoms with E-state index in [0.717, 1.165) is 60.0 Å². The molecule has 1 aliphatic rings. The summed E-state index contributed by atoms with van der Waals surface area (Å²) in [5, 5.41) is 4.00. The van der Waals surface area contributed by atoms with Gasteiger partial charge in [-0.15, -0.1) is 0 Å². The Bertz CT molecular complexity index is 682. The van der Waals surface area contributed by atoms with Crippen molar-refractivity contribution in [1.29, 1.82) is 0 Å². The summed E-state index contributed by atoms with van der Waals surface area (Å²) in [5.41, 5.74) is 3.98. The molecule has 1 heterocycles. The van der Waals surface area contributed by atoms with Gasteiger partial charge >= 0.3 is 0 Å². The molecule has 0 spiro atoms. The van der Waals surface area contributed by atoms with Gasteiger partial charge in [0.15, 0.2) is 0 Å². The van der Waals surface area contributed by atoms with Gasteiger partial charge in [0.25, 0.3) is 5.91 Å². The Morgan fingerprint density at radius 2 is 2.18 bits per heavy atom. The summed E-state index contributed by atoms with van der Waals surface area (Å²) in [6, 6.07) is 7.92. The third-order valence-corrected chi connectivity index (χ3v) is 4.10. The van der Waals surface area contributed by atoms with Crippen LogP contribution in [0.15, 0.2) is 24.3 Å². The molecule has 1 N–H and O–H groups in total. The third kappa shape index (κ3) is 2.97. The molecule has 0 fully saturated rings. The molecule has 0 bridgehead atoms. The molecule has 0 aliphatic heterocycles. The molecule has 0 atom stereocenters. The monoisotopic (exact) mass is 298 g/mol. The Hall–Kier alpha value is -1.94. The van der Waals surface area contributed by atoms with E-state index in [4.69, 9.17) is 9.72 Å². The lowest BCUT2D eigenvalue weighted by atomic mass is 10.0. The molecule has 4 heteroatoms. The van der Waals surface area contributed by atoms with E-state index in [0.29, 0.717) is 13.2 Å². The first-order chi connectivity index (χ1) is 10.8. The van der Waals surface area contributed by atoms with Crippen LogP contribution in [0.25, 0.3) is 10.9 Å². The highest BCUT2D eigenvalue weighted by atomic mass is 16.5. The fraction of sp³-hybridized carbons (Fsp3) is 0.444. The van der Waals surface area contributed by atoms with Crippen LogP contribution >= 0.6 is 0 Å². The van der Waals surface area contributed by atoms with Gasteiger partial charge in [-0.3, -0.25) is 9.78 Å². The Morgan fingerprint density at radius 1 is 1.32 bits per heavy atom. The topological polar surface area (TPSA) is 51.2 Å². The molecule has 0 radical (unpaired) electrons. The minimum atomic E-state index is 0.0215. The molecule has 22 heavy (non-hydrogen) atoms. The number of pyridine rings is 1. The van der Waals surface area contributed by atoms with Crippen molar-refractivity contribution >= 4 is 16.8 Å². The van der Waals surface area contributed by atoms with E-state index in [2.05, 4.69) is 5.32 Å². The molecule has 0 unspecified atom stereocenters. The van der Waals surface area contributed by atoms with Crippen molar-refractivity contribution in [1.82, 2.24) is 10.3 Å². The van der Waals surface area contributed by atoms with Crippen molar-refractivity contribution in [2.24, 2.45) is 0 Å². The maximum absolute atomic E-state index is 12.7. The predicted molar refractivity (Wildman–Crippen MR) is 87.2 cm³/mol. The summed E-state index contributed by atoms with van der Waals surface area (Å²) in [6.07, 6.45) is 3.85. The van der Waals surface area contributed by atoms with Crippen LogP contribution in [0.5, 0.6) is 0 Å². The van der Waals surface area contributed by atoms with Crippen molar-refractivity contribution in [3.05, 3.63) is 41.1 Å². The van der Waals surface area contributed by atoms with E-state index in [1.807, 2.05) is 31.2 Å². The van der Waals surface area contributed by atoms with Gasteiger partial charge in [0.05, 0.1) is 11.1 Å². The molecule has 0 saturated heterocycles. The molecule has 1 aromatic heterocycles. The Morgan fingerprint density at radius 3 is 3.05 bits per heavy atom. The summed E-state index contributed by atoms with van der Waals surface area (Å²) < 4.78 is 5.30. The normalized spacial score (nSPS) is 13.3. The number of aromatic nitrogens is 1. The largest absolute Gasteiger partial charge is 0.382 e. The first kappa shape index (κ1) is 15.0. The van der Waals surface area contributed by atoms with Crippen LogP contribution in [0, 0.1) is 0 Å². The average Bonchev–Trinajstić information content (AvgIpc) is 2.99. The highest BCUT2D eigenvalue weighted by Crippen LogP contribution is 2.29. The number of amides is 1. The molecule has 1 amide bonds. The molecule has 3 rings (SSSR count). The van der Waals surface area contributed by atoms with Gasteiger partial charge in [-0.25, -0.2) is 0 Å². The number of ether oxygens (including phenoxy) is 1. The maximum Gasteiger partial charge on any atom is 0.252 e. The quantitative estimate of drug-likeness (QED) is 0.834. The smallest absolute Gasteiger partial charge is 0.252 e. The number of benzene rings is 1. The van der Waals surface area contributed by atoms with Gasteiger partial charge in [-0.1, -0.05) is 18.2 Å². The first-order valence-electron chi connectivity index (χ1n) is 8.07. The second-order valence-corrected chi connectivity index (χ2v) is 5.59. The fourth-order valence-electron chi connectivity index (χ4n) is 3.08. The van der Waals surface area contributed by atoms with Crippen LogP contribution in [-0.4, -0.2) is 30.6 Å². The molecule has 116 valence electrons. The summed E-state index contributed by atoms with van der Waals surface area (Å²) in [6.45, 7) is 4.03. The molecule has 0 saturated carbocycles. The van der Waals surface area contributed by atoms with E-state index < -0.39 is 0 Å². The van der Waals surface area contributed by atoms with E-state index in [1.54, 1.807) is 0 Å². The number of hydrogen-bond donors (Lipinski definition) is 1. The molecule has 1 aliphatic carbocycles. The van der Waals surface area contributed by atoms with Crippen LogP contribution in [0.4, 0.5) is 0 Å². The van der Waals surface area contributed by atoms with Crippen molar-refractivity contribution < 1.29 is 9.53 Å². The van der Waals surface area contributed by atoms with E-state index in [9.17, 15) is 4.79 Å². The number of hydrogen-bond acceptors (Lipinski definition) is 3. The molecule has 4 nitrogen and oxygen atoms in total. The zero-order chi connectivity index (χ0) is 15.4. The van der Waals surface area contributed by atoms with Crippen LogP contribution in [0.2, 0.25) is 0 Å². The lowest BCUT2D eigenvalue weighted by Gasteiger charge is -2.12. The number of carbonyl (C=O) groups excluding carboxylic acids is 1. The highest BCUT2D eigenvalue weighted by molar-refractivity contribution is 6.07. The zero-order valence-electron chi connectivity index (χ0n) is 13.0. The second kappa shape index (κ2) is 6.88.